The predicted molar refractivity (Wildman–Crippen MR) is 87.7 cm³/mol. The molecule has 0 atom stereocenters. The highest BCUT2D eigenvalue weighted by molar-refractivity contribution is 5.59. The fourth-order valence-electron chi connectivity index (χ4n) is 2.68. The predicted octanol–water partition coefficient (Wildman–Crippen LogP) is 1.61. The van der Waals surface area contributed by atoms with E-state index < -0.39 is 0 Å². The second-order valence-electron chi connectivity index (χ2n) is 5.74. The lowest BCUT2D eigenvalue weighted by Crippen LogP contribution is -2.46. The molecule has 0 spiro atoms. The van der Waals surface area contributed by atoms with Crippen molar-refractivity contribution < 1.29 is 0 Å². The average molecular weight is 276 g/mol. The smallest absolute Gasteiger partial charge is 0.0387 e. The summed E-state index contributed by atoms with van der Waals surface area (Å²) < 4.78 is 0. The van der Waals surface area contributed by atoms with Crippen LogP contribution in [0.5, 0.6) is 0 Å². The van der Waals surface area contributed by atoms with E-state index in [1.807, 2.05) is 0 Å². The monoisotopic (exact) mass is 276 g/mol. The highest BCUT2D eigenvalue weighted by atomic mass is 15.3. The number of unbranched alkanes of at least 4 members (excludes halogenated alkanes) is 1. The Morgan fingerprint density at radius 2 is 1.85 bits per heavy atom. The van der Waals surface area contributed by atoms with Crippen LogP contribution in [-0.2, 0) is 0 Å². The zero-order valence-electron chi connectivity index (χ0n) is 12.9. The third kappa shape index (κ3) is 4.12. The topological polar surface area (TPSA) is 35.7 Å². The molecule has 1 saturated heterocycles. The summed E-state index contributed by atoms with van der Waals surface area (Å²) in [5.74, 6) is 0. The highest BCUT2D eigenvalue weighted by Crippen LogP contribution is 2.22. The summed E-state index contributed by atoms with van der Waals surface area (Å²) in [6.45, 7) is 6.59. The molecule has 1 heterocycles. The van der Waals surface area contributed by atoms with Crippen LogP contribution in [0.2, 0.25) is 0 Å². The molecule has 4 heteroatoms. The molecule has 20 heavy (non-hydrogen) atoms. The van der Waals surface area contributed by atoms with Crippen molar-refractivity contribution in [3.8, 4) is 0 Å². The van der Waals surface area contributed by atoms with Gasteiger partial charge < -0.3 is 15.5 Å². The quantitative estimate of drug-likeness (QED) is 0.801. The molecule has 0 amide bonds. The van der Waals surface area contributed by atoms with E-state index in [0.717, 1.165) is 39.1 Å². The van der Waals surface area contributed by atoms with Crippen molar-refractivity contribution in [1.29, 1.82) is 0 Å². The largest absolute Gasteiger partial charge is 0.378 e. The molecule has 1 aromatic rings. The Labute approximate surface area is 123 Å². The van der Waals surface area contributed by atoms with Crippen LogP contribution in [0.15, 0.2) is 24.3 Å². The van der Waals surface area contributed by atoms with E-state index in [-0.39, 0.29) is 0 Å². The maximum absolute atomic E-state index is 5.55. The SMILES string of the molecule is CN(C)c1cccc(N2CCN(CCCCN)CC2)c1. The van der Waals surface area contributed by atoms with Gasteiger partial charge in [-0.3, -0.25) is 4.90 Å². The van der Waals surface area contributed by atoms with Crippen LogP contribution in [0.1, 0.15) is 12.8 Å². The molecule has 0 bridgehead atoms. The minimum absolute atomic E-state index is 0.817. The first-order chi connectivity index (χ1) is 9.70. The Balaban J connectivity index is 1.85. The van der Waals surface area contributed by atoms with Crippen LogP contribution in [0, 0.1) is 0 Å². The highest BCUT2D eigenvalue weighted by Gasteiger charge is 2.16. The van der Waals surface area contributed by atoms with Gasteiger partial charge in [-0.05, 0) is 44.1 Å². The third-order valence-corrected chi connectivity index (χ3v) is 4.01. The minimum atomic E-state index is 0.817. The summed E-state index contributed by atoms with van der Waals surface area (Å²) in [5, 5.41) is 0. The molecule has 2 N–H and O–H groups in total. The van der Waals surface area contributed by atoms with Crippen LogP contribution in [0.3, 0.4) is 0 Å². The van der Waals surface area contributed by atoms with Crippen molar-refractivity contribution >= 4 is 11.4 Å². The Hall–Kier alpha value is -1.26. The molecule has 1 aromatic carbocycles. The molecule has 0 unspecified atom stereocenters. The number of nitrogens with zero attached hydrogens (tertiary/aromatic N) is 3. The van der Waals surface area contributed by atoms with Crippen molar-refractivity contribution in [3.63, 3.8) is 0 Å². The molecule has 0 saturated carbocycles. The third-order valence-electron chi connectivity index (χ3n) is 4.01. The summed E-state index contributed by atoms with van der Waals surface area (Å²) in [7, 11) is 4.18. The number of benzene rings is 1. The molecule has 0 aliphatic carbocycles. The lowest BCUT2D eigenvalue weighted by atomic mass is 10.2. The zero-order chi connectivity index (χ0) is 14.4. The molecule has 0 aromatic heterocycles. The number of hydrogen-bond acceptors (Lipinski definition) is 4. The van der Waals surface area contributed by atoms with Gasteiger partial charge in [0.25, 0.3) is 0 Å². The van der Waals surface area contributed by atoms with Gasteiger partial charge >= 0.3 is 0 Å². The van der Waals surface area contributed by atoms with E-state index in [1.54, 1.807) is 0 Å². The van der Waals surface area contributed by atoms with Crippen LogP contribution in [-0.4, -0.2) is 58.3 Å². The molecule has 2 rings (SSSR count). The van der Waals surface area contributed by atoms with Gasteiger partial charge in [-0.15, -0.1) is 0 Å². The van der Waals surface area contributed by atoms with E-state index in [0.29, 0.717) is 0 Å². The summed E-state index contributed by atoms with van der Waals surface area (Å²) in [6.07, 6.45) is 2.37. The average Bonchev–Trinajstić information content (AvgIpc) is 2.48. The van der Waals surface area contributed by atoms with Crippen LogP contribution < -0.4 is 15.5 Å². The minimum Gasteiger partial charge on any atom is -0.378 e. The molecule has 1 aliphatic rings. The Morgan fingerprint density at radius 3 is 2.50 bits per heavy atom. The lowest BCUT2D eigenvalue weighted by molar-refractivity contribution is 0.253. The Kier molecular flexibility index (Phi) is 5.68. The van der Waals surface area contributed by atoms with E-state index in [2.05, 4.69) is 53.1 Å². The van der Waals surface area contributed by atoms with Crippen molar-refractivity contribution in [2.24, 2.45) is 5.73 Å². The second kappa shape index (κ2) is 7.50. The fraction of sp³-hybridized carbons (Fsp3) is 0.625. The first kappa shape index (κ1) is 15.1. The number of piperazine rings is 1. The molecule has 0 radical (unpaired) electrons. The van der Waals surface area contributed by atoms with Gasteiger partial charge in [0.15, 0.2) is 0 Å². The first-order valence-corrected chi connectivity index (χ1v) is 7.65. The van der Waals surface area contributed by atoms with Crippen molar-refractivity contribution in [2.45, 2.75) is 12.8 Å². The molecule has 112 valence electrons. The first-order valence-electron chi connectivity index (χ1n) is 7.65. The van der Waals surface area contributed by atoms with Gasteiger partial charge in [-0.1, -0.05) is 6.07 Å². The van der Waals surface area contributed by atoms with Gasteiger partial charge in [0.2, 0.25) is 0 Å². The number of rotatable bonds is 6. The summed E-state index contributed by atoms with van der Waals surface area (Å²) >= 11 is 0. The van der Waals surface area contributed by atoms with Crippen molar-refractivity contribution in [2.75, 3.05) is 63.2 Å². The van der Waals surface area contributed by atoms with Crippen molar-refractivity contribution in [1.82, 2.24) is 4.90 Å². The standard InChI is InChI=1S/C16H28N4/c1-18(2)15-6-5-7-16(14-15)20-12-10-19(11-13-20)9-4-3-8-17/h5-7,14H,3-4,8-13,17H2,1-2H3. The molecule has 1 aliphatic heterocycles. The van der Waals surface area contributed by atoms with Gasteiger partial charge in [-0.25, -0.2) is 0 Å². The Morgan fingerprint density at radius 1 is 1.10 bits per heavy atom. The van der Waals surface area contributed by atoms with Crippen LogP contribution in [0.4, 0.5) is 11.4 Å². The van der Waals surface area contributed by atoms with Gasteiger partial charge in [-0.2, -0.15) is 0 Å². The second-order valence-corrected chi connectivity index (χ2v) is 5.74. The van der Waals surface area contributed by atoms with Crippen LogP contribution >= 0.6 is 0 Å². The summed E-state index contributed by atoms with van der Waals surface area (Å²) in [4.78, 5) is 7.21. The molecular formula is C16H28N4. The van der Waals surface area contributed by atoms with Crippen molar-refractivity contribution in [3.05, 3.63) is 24.3 Å². The molecule has 1 fully saturated rings. The van der Waals surface area contributed by atoms with E-state index in [1.165, 1.54) is 24.3 Å². The Bertz CT molecular complexity index is 397. The van der Waals surface area contributed by atoms with Crippen LogP contribution in [0.25, 0.3) is 0 Å². The molecule has 4 nitrogen and oxygen atoms in total. The summed E-state index contributed by atoms with van der Waals surface area (Å²) in [5.41, 5.74) is 8.17. The normalized spacial score (nSPS) is 16.4. The fourth-order valence-corrected chi connectivity index (χ4v) is 2.68. The number of nitrogens with two attached hydrogens (primary N) is 1. The zero-order valence-corrected chi connectivity index (χ0v) is 12.9. The maximum Gasteiger partial charge on any atom is 0.0387 e. The van der Waals surface area contributed by atoms with E-state index in [4.69, 9.17) is 5.73 Å². The van der Waals surface area contributed by atoms with Gasteiger partial charge in [0, 0.05) is 51.6 Å². The number of anilines is 2. The summed E-state index contributed by atoms with van der Waals surface area (Å²) in [6, 6.07) is 8.81. The van der Waals surface area contributed by atoms with Gasteiger partial charge in [0.05, 0.1) is 0 Å². The molecular weight excluding hydrogens is 248 g/mol. The van der Waals surface area contributed by atoms with Gasteiger partial charge in [0.1, 0.15) is 0 Å². The van der Waals surface area contributed by atoms with E-state index >= 15 is 0 Å². The maximum atomic E-state index is 5.55. The van der Waals surface area contributed by atoms with E-state index in [9.17, 15) is 0 Å². The number of hydrogen-bond donors (Lipinski definition) is 1. The lowest BCUT2D eigenvalue weighted by Gasteiger charge is -2.36.